The molecule has 1 aromatic carbocycles. The normalized spacial score (nSPS) is 19.8. The summed E-state index contributed by atoms with van der Waals surface area (Å²) in [4.78, 5) is 17.1. The van der Waals surface area contributed by atoms with E-state index in [-0.39, 0.29) is 32.0 Å². The fourth-order valence-corrected chi connectivity index (χ4v) is 6.95. The topological polar surface area (TPSA) is 109 Å². The molecule has 0 unspecified atom stereocenters. The van der Waals surface area contributed by atoms with Crippen LogP contribution in [0.5, 0.6) is 0 Å². The quantitative estimate of drug-likeness (QED) is 0.472. The number of pyridine rings is 1. The lowest BCUT2D eigenvalue weighted by atomic mass is 9.93. The van der Waals surface area contributed by atoms with Crippen LogP contribution in [0.4, 0.5) is 0 Å². The molecule has 178 valence electrons. The third kappa shape index (κ3) is 4.96. The van der Waals surface area contributed by atoms with Crippen LogP contribution in [0, 0.1) is 0 Å². The van der Waals surface area contributed by atoms with Crippen LogP contribution in [-0.4, -0.2) is 59.9 Å². The Labute approximate surface area is 195 Å². The van der Waals surface area contributed by atoms with Crippen LogP contribution in [0.3, 0.4) is 0 Å². The number of rotatable bonds is 7. The molecule has 33 heavy (non-hydrogen) atoms. The summed E-state index contributed by atoms with van der Waals surface area (Å²) < 4.78 is 31.8. The van der Waals surface area contributed by atoms with Crippen molar-refractivity contribution in [3.63, 3.8) is 0 Å². The summed E-state index contributed by atoms with van der Waals surface area (Å²) in [5, 5.41) is 9.20. The zero-order valence-electron chi connectivity index (χ0n) is 18.7. The van der Waals surface area contributed by atoms with Crippen LogP contribution in [0.2, 0.25) is 0 Å². The molecule has 2 N–H and O–H groups in total. The minimum Gasteiger partial charge on any atom is -0.381 e. The summed E-state index contributed by atoms with van der Waals surface area (Å²) in [6, 6.07) is 14.5. The highest BCUT2D eigenvalue weighted by Crippen LogP contribution is 2.36. The fraction of sp³-hybridized carbons (Fsp3) is 0.500. The Balaban J connectivity index is 1.37. The Hall–Kier alpha value is -2.33. The van der Waals surface area contributed by atoms with E-state index < -0.39 is 20.7 Å². The average molecular weight is 474 g/mol. The fourth-order valence-electron chi connectivity index (χ4n) is 4.80. The predicted molar refractivity (Wildman–Crippen MR) is 123 cm³/mol. The highest BCUT2D eigenvalue weighted by Gasteiger charge is 2.54. The lowest BCUT2D eigenvalue weighted by Crippen LogP contribution is -2.60. The van der Waals surface area contributed by atoms with E-state index in [2.05, 4.69) is 23.2 Å². The zero-order chi connectivity index (χ0) is 23.3. The van der Waals surface area contributed by atoms with Gasteiger partial charge in [-0.3, -0.25) is 15.0 Å². The predicted octanol–water partition coefficient (Wildman–Crippen LogP) is 2.43. The summed E-state index contributed by atoms with van der Waals surface area (Å²) in [7, 11) is -3.94. The van der Waals surface area contributed by atoms with Gasteiger partial charge in [-0.25, -0.2) is 18.2 Å². The van der Waals surface area contributed by atoms with E-state index in [1.54, 1.807) is 5.48 Å². The maximum Gasteiger partial charge on any atom is 0.266 e. The van der Waals surface area contributed by atoms with Crippen molar-refractivity contribution in [1.82, 2.24) is 14.8 Å². The minimum atomic E-state index is -3.94. The summed E-state index contributed by atoms with van der Waals surface area (Å²) in [6.45, 7) is 0.991. The summed E-state index contributed by atoms with van der Waals surface area (Å²) in [6.07, 6.45) is 5.16. The minimum absolute atomic E-state index is 0.0354. The van der Waals surface area contributed by atoms with Gasteiger partial charge in [-0.15, -0.1) is 0 Å². The molecule has 2 aliphatic heterocycles. The van der Waals surface area contributed by atoms with Crippen LogP contribution < -0.4 is 5.48 Å². The summed E-state index contributed by atoms with van der Waals surface area (Å²) in [5.74, 6) is -0.697. The maximum absolute atomic E-state index is 13.4. The first-order valence-electron chi connectivity index (χ1n) is 11.5. The van der Waals surface area contributed by atoms with Crippen LogP contribution in [-0.2, 0) is 32.4 Å². The lowest BCUT2D eigenvalue weighted by Gasteiger charge is -2.40. The molecule has 2 aromatic rings. The number of aryl methyl sites for hydroxylation is 2. The number of hydrogen-bond acceptors (Lipinski definition) is 6. The Kier molecular flexibility index (Phi) is 7.43. The number of aromatic nitrogens is 1. The molecular formula is C24H31N3O5S. The zero-order valence-corrected chi connectivity index (χ0v) is 19.5. The van der Waals surface area contributed by atoms with E-state index in [1.165, 1.54) is 15.4 Å². The first-order chi connectivity index (χ1) is 16.0. The molecule has 9 heteroatoms. The molecule has 1 aromatic heterocycles. The van der Waals surface area contributed by atoms with Gasteiger partial charge >= 0.3 is 0 Å². The van der Waals surface area contributed by atoms with Crippen molar-refractivity contribution in [2.75, 3.05) is 26.3 Å². The second-order valence-corrected chi connectivity index (χ2v) is 11.1. The molecule has 0 bridgehead atoms. The Bertz CT molecular complexity index is 1030. The van der Waals surface area contributed by atoms with Crippen molar-refractivity contribution in [2.24, 2.45) is 0 Å². The molecule has 0 spiro atoms. The number of nitrogens with one attached hydrogen (secondary N) is 1. The highest BCUT2D eigenvalue weighted by atomic mass is 32.2. The SMILES string of the molecule is O=C(NO)C1(S(=O)(=O)N2CCC(c3ccc(CCc4ccccc4)cn3)CC2)CCOCC1. The van der Waals surface area contributed by atoms with Crippen molar-refractivity contribution in [3.8, 4) is 0 Å². The van der Waals surface area contributed by atoms with E-state index in [9.17, 15) is 18.4 Å². The van der Waals surface area contributed by atoms with Crippen LogP contribution in [0.1, 0.15) is 48.4 Å². The van der Waals surface area contributed by atoms with E-state index in [4.69, 9.17) is 4.74 Å². The number of hydroxylamine groups is 1. The van der Waals surface area contributed by atoms with Crippen molar-refractivity contribution in [3.05, 3.63) is 65.5 Å². The molecule has 2 fully saturated rings. The van der Waals surface area contributed by atoms with Gasteiger partial charge in [0.2, 0.25) is 10.0 Å². The molecule has 2 aliphatic rings. The molecular weight excluding hydrogens is 442 g/mol. The number of carbonyl (C=O) groups is 1. The van der Waals surface area contributed by atoms with Crippen molar-refractivity contribution in [1.29, 1.82) is 0 Å². The molecule has 4 rings (SSSR count). The third-order valence-corrected chi connectivity index (χ3v) is 9.54. The van der Waals surface area contributed by atoms with Crippen LogP contribution >= 0.6 is 0 Å². The number of piperidine rings is 1. The van der Waals surface area contributed by atoms with E-state index in [0.29, 0.717) is 25.9 Å². The number of carbonyl (C=O) groups excluding carboxylic acids is 1. The molecule has 3 heterocycles. The standard InChI is InChI=1S/C24H31N3O5S/c28-23(26-29)24(12-16-32-17-13-24)33(30,31)27-14-10-21(11-15-27)22-9-8-20(18-25-22)7-6-19-4-2-1-3-5-19/h1-5,8-9,18,21,29H,6-7,10-17H2,(H,26,28). The second kappa shape index (κ2) is 10.3. The number of ether oxygens (including phenoxy) is 1. The van der Waals surface area contributed by atoms with Gasteiger partial charge in [0.05, 0.1) is 0 Å². The van der Waals surface area contributed by atoms with Crippen LogP contribution in [0.15, 0.2) is 48.7 Å². The van der Waals surface area contributed by atoms with Crippen molar-refractivity contribution >= 4 is 15.9 Å². The van der Waals surface area contributed by atoms with Gasteiger partial charge in [0.25, 0.3) is 5.91 Å². The first-order valence-corrected chi connectivity index (χ1v) is 12.9. The third-order valence-electron chi connectivity index (χ3n) is 6.91. The largest absolute Gasteiger partial charge is 0.381 e. The number of sulfonamides is 1. The molecule has 8 nitrogen and oxygen atoms in total. The summed E-state index contributed by atoms with van der Waals surface area (Å²) in [5.41, 5.74) is 5.03. The van der Waals surface area contributed by atoms with Gasteiger partial charge in [0, 0.05) is 57.0 Å². The molecule has 0 saturated carbocycles. The van der Waals surface area contributed by atoms with Crippen molar-refractivity contribution in [2.45, 2.75) is 49.2 Å². The molecule has 1 amide bonds. The summed E-state index contributed by atoms with van der Waals surface area (Å²) >= 11 is 0. The molecule has 0 radical (unpaired) electrons. The number of amides is 1. The van der Waals surface area contributed by atoms with Gasteiger partial charge in [0.1, 0.15) is 0 Å². The van der Waals surface area contributed by atoms with Gasteiger partial charge in [0.15, 0.2) is 4.75 Å². The molecule has 0 atom stereocenters. The first kappa shape index (κ1) is 23.8. The van der Waals surface area contributed by atoms with Gasteiger partial charge < -0.3 is 4.74 Å². The second-order valence-electron chi connectivity index (χ2n) is 8.80. The number of hydrogen-bond donors (Lipinski definition) is 2. The Morgan fingerprint density at radius 2 is 1.73 bits per heavy atom. The molecule has 0 aliphatic carbocycles. The van der Waals surface area contributed by atoms with Crippen LogP contribution in [0.25, 0.3) is 0 Å². The van der Waals surface area contributed by atoms with Crippen molar-refractivity contribution < 1.29 is 23.2 Å². The number of nitrogens with zero attached hydrogens (tertiary/aromatic N) is 2. The van der Waals surface area contributed by atoms with Gasteiger partial charge in [-0.05, 0) is 42.9 Å². The Morgan fingerprint density at radius 1 is 1.06 bits per heavy atom. The smallest absolute Gasteiger partial charge is 0.266 e. The van der Waals surface area contributed by atoms with E-state index in [0.717, 1.165) is 18.5 Å². The lowest BCUT2D eigenvalue weighted by molar-refractivity contribution is -0.134. The Morgan fingerprint density at radius 3 is 2.33 bits per heavy atom. The highest BCUT2D eigenvalue weighted by molar-refractivity contribution is 7.91. The molecule has 2 saturated heterocycles. The maximum atomic E-state index is 13.4. The monoisotopic (exact) mass is 473 g/mol. The van der Waals surface area contributed by atoms with Gasteiger partial charge in [-0.1, -0.05) is 36.4 Å². The van der Waals surface area contributed by atoms with E-state index in [1.807, 2.05) is 30.5 Å². The van der Waals surface area contributed by atoms with Gasteiger partial charge in [-0.2, -0.15) is 0 Å². The number of benzene rings is 1. The average Bonchev–Trinajstić information content (AvgIpc) is 2.88. The van der Waals surface area contributed by atoms with E-state index >= 15 is 0 Å².